The number of hydrogen-bond donors (Lipinski definition) is 1. The Bertz CT molecular complexity index is 634. The van der Waals surface area contributed by atoms with Crippen molar-refractivity contribution >= 4 is 12.0 Å². The van der Waals surface area contributed by atoms with Gasteiger partial charge in [0.25, 0.3) is 0 Å². The molecule has 0 saturated carbocycles. The molecule has 26 heavy (non-hydrogen) atoms. The van der Waals surface area contributed by atoms with Gasteiger partial charge in [0.1, 0.15) is 0 Å². The largest absolute Gasteiger partial charge is 0.380 e. The van der Waals surface area contributed by atoms with E-state index < -0.39 is 5.91 Å². The molecule has 2 N–H and O–H groups in total. The number of rotatable bonds is 10. The SMILES string of the molecule is COC(C=Cc1ccccc1)C(C)C(OC)C(C)C=CC(C)=CC(N)=O. The van der Waals surface area contributed by atoms with Crippen molar-refractivity contribution in [2.24, 2.45) is 17.6 Å². The van der Waals surface area contributed by atoms with Crippen molar-refractivity contribution in [2.45, 2.75) is 33.0 Å². The van der Waals surface area contributed by atoms with Crippen molar-refractivity contribution < 1.29 is 14.3 Å². The molecule has 0 aliphatic heterocycles. The number of amides is 1. The van der Waals surface area contributed by atoms with Crippen LogP contribution in [-0.2, 0) is 14.3 Å². The fraction of sp³-hybridized carbons (Fsp3) is 0.409. The Kier molecular flexibility index (Phi) is 9.63. The zero-order chi connectivity index (χ0) is 19.5. The zero-order valence-electron chi connectivity index (χ0n) is 16.4. The fourth-order valence-corrected chi connectivity index (χ4v) is 3.02. The van der Waals surface area contributed by atoms with E-state index in [1.807, 2.05) is 37.3 Å². The number of hydrogen-bond acceptors (Lipinski definition) is 3. The van der Waals surface area contributed by atoms with Crippen LogP contribution in [-0.4, -0.2) is 32.3 Å². The van der Waals surface area contributed by atoms with Gasteiger partial charge in [0, 0.05) is 32.1 Å². The molecule has 0 aromatic heterocycles. The van der Waals surface area contributed by atoms with Crippen LogP contribution in [0.5, 0.6) is 0 Å². The van der Waals surface area contributed by atoms with Gasteiger partial charge in [-0.3, -0.25) is 4.79 Å². The second-order valence-corrected chi connectivity index (χ2v) is 6.54. The molecule has 0 saturated heterocycles. The van der Waals surface area contributed by atoms with Crippen molar-refractivity contribution in [3.05, 3.63) is 65.8 Å². The molecule has 142 valence electrons. The normalized spacial score (nSPS) is 17.3. The smallest absolute Gasteiger partial charge is 0.241 e. The number of ether oxygens (including phenoxy) is 2. The second-order valence-electron chi connectivity index (χ2n) is 6.54. The molecule has 4 nitrogen and oxygen atoms in total. The molecular weight excluding hydrogens is 326 g/mol. The van der Waals surface area contributed by atoms with Crippen molar-refractivity contribution in [3.8, 4) is 0 Å². The van der Waals surface area contributed by atoms with Gasteiger partial charge >= 0.3 is 0 Å². The maximum atomic E-state index is 10.9. The van der Waals surface area contributed by atoms with Gasteiger partial charge in [0.2, 0.25) is 5.91 Å². The van der Waals surface area contributed by atoms with Crippen molar-refractivity contribution in [1.29, 1.82) is 0 Å². The third-order valence-corrected chi connectivity index (χ3v) is 4.41. The summed E-state index contributed by atoms with van der Waals surface area (Å²) in [6, 6.07) is 10.1. The second kappa shape index (κ2) is 11.4. The summed E-state index contributed by atoms with van der Waals surface area (Å²) in [6.45, 7) is 6.06. The van der Waals surface area contributed by atoms with E-state index >= 15 is 0 Å². The maximum Gasteiger partial charge on any atom is 0.241 e. The van der Waals surface area contributed by atoms with Gasteiger partial charge < -0.3 is 15.2 Å². The predicted octanol–water partition coefficient (Wildman–Crippen LogP) is 3.99. The molecule has 4 atom stereocenters. The van der Waals surface area contributed by atoms with E-state index in [0.717, 1.165) is 11.1 Å². The first-order valence-corrected chi connectivity index (χ1v) is 8.83. The molecule has 0 heterocycles. The first-order chi connectivity index (χ1) is 12.4. The van der Waals surface area contributed by atoms with E-state index in [-0.39, 0.29) is 24.0 Å². The number of carbonyl (C=O) groups is 1. The molecule has 0 aliphatic carbocycles. The van der Waals surface area contributed by atoms with Crippen LogP contribution in [0.4, 0.5) is 0 Å². The average molecular weight is 357 g/mol. The Labute approximate surface area is 157 Å². The van der Waals surface area contributed by atoms with Crippen molar-refractivity contribution in [3.63, 3.8) is 0 Å². The van der Waals surface area contributed by atoms with Crippen LogP contribution in [0.15, 0.2) is 60.2 Å². The van der Waals surface area contributed by atoms with E-state index in [9.17, 15) is 4.79 Å². The van der Waals surface area contributed by atoms with E-state index in [1.165, 1.54) is 6.08 Å². The molecule has 4 heteroatoms. The Balaban J connectivity index is 2.83. The molecule has 0 radical (unpaired) electrons. The molecule has 0 spiro atoms. The molecule has 1 amide bonds. The molecule has 4 unspecified atom stereocenters. The monoisotopic (exact) mass is 357 g/mol. The average Bonchev–Trinajstić information content (AvgIpc) is 2.61. The number of allylic oxidation sites excluding steroid dienone is 2. The Hall–Kier alpha value is -2.17. The van der Waals surface area contributed by atoms with Gasteiger partial charge in [-0.1, -0.05) is 68.5 Å². The van der Waals surface area contributed by atoms with Crippen molar-refractivity contribution in [2.75, 3.05) is 14.2 Å². The van der Waals surface area contributed by atoms with E-state index in [2.05, 4.69) is 38.1 Å². The summed E-state index contributed by atoms with van der Waals surface area (Å²) in [5, 5.41) is 0. The molecule has 0 fully saturated rings. The summed E-state index contributed by atoms with van der Waals surface area (Å²) in [7, 11) is 3.43. The molecular formula is C22H31NO3. The van der Waals surface area contributed by atoms with Crippen LogP contribution in [0, 0.1) is 11.8 Å². The van der Waals surface area contributed by atoms with Crippen LogP contribution >= 0.6 is 0 Å². The van der Waals surface area contributed by atoms with Crippen LogP contribution in [0.25, 0.3) is 6.08 Å². The van der Waals surface area contributed by atoms with Gasteiger partial charge in [-0.2, -0.15) is 0 Å². The minimum Gasteiger partial charge on any atom is -0.380 e. The minimum atomic E-state index is -0.443. The summed E-state index contributed by atoms with van der Waals surface area (Å²) >= 11 is 0. The molecule has 1 aromatic rings. The molecule has 0 bridgehead atoms. The summed E-state index contributed by atoms with van der Waals surface area (Å²) in [5.41, 5.74) is 7.13. The molecule has 0 aliphatic rings. The fourth-order valence-electron chi connectivity index (χ4n) is 3.02. The lowest BCUT2D eigenvalue weighted by molar-refractivity contribution is -0.113. The highest BCUT2D eigenvalue weighted by atomic mass is 16.5. The number of methoxy groups -OCH3 is 2. The number of primary amides is 1. The minimum absolute atomic E-state index is 0.0296. The van der Waals surface area contributed by atoms with E-state index in [4.69, 9.17) is 15.2 Å². The third-order valence-electron chi connectivity index (χ3n) is 4.41. The lowest BCUT2D eigenvalue weighted by Gasteiger charge is -2.30. The van der Waals surface area contributed by atoms with Crippen LogP contribution in [0.2, 0.25) is 0 Å². The summed E-state index contributed by atoms with van der Waals surface area (Å²) in [4.78, 5) is 10.9. The van der Waals surface area contributed by atoms with E-state index in [0.29, 0.717) is 0 Å². The highest BCUT2D eigenvalue weighted by Gasteiger charge is 2.27. The quantitative estimate of drug-likeness (QED) is 0.509. The Morgan fingerprint density at radius 1 is 1.08 bits per heavy atom. The van der Waals surface area contributed by atoms with Crippen LogP contribution < -0.4 is 5.73 Å². The lowest BCUT2D eigenvalue weighted by atomic mass is 9.88. The van der Waals surface area contributed by atoms with Crippen molar-refractivity contribution in [1.82, 2.24) is 0 Å². The summed E-state index contributed by atoms with van der Waals surface area (Å²) in [6.07, 6.45) is 9.38. The highest BCUT2D eigenvalue weighted by Crippen LogP contribution is 2.24. The number of carbonyl (C=O) groups excluding carboxylic acids is 1. The first kappa shape index (κ1) is 21.9. The Morgan fingerprint density at radius 3 is 2.27 bits per heavy atom. The molecule has 1 aromatic carbocycles. The molecule has 1 rings (SSSR count). The van der Waals surface area contributed by atoms with Gasteiger partial charge in [-0.25, -0.2) is 0 Å². The standard InChI is InChI=1S/C22H31NO3/c1-16(15-21(23)24)11-12-17(2)22(26-5)18(3)20(25-4)14-13-19-9-7-6-8-10-19/h6-15,17-18,20,22H,1-5H3,(H2,23,24). The predicted molar refractivity (Wildman–Crippen MR) is 107 cm³/mol. The van der Waals surface area contributed by atoms with Gasteiger partial charge in [0.05, 0.1) is 12.2 Å². The van der Waals surface area contributed by atoms with Gasteiger partial charge in [0.15, 0.2) is 0 Å². The van der Waals surface area contributed by atoms with Gasteiger partial charge in [-0.05, 0) is 18.1 Å². The Morgan fingerprint density at radius 2 is 1.73 bits per heavy atom. The van der Waals surface area contributed by atoms with Crippen LogP contribution in [0.1, 0.15) is 26.3 Å². The zero-order valence-corrected chi connectivity index (χ0v) is 16.4. The number of benzene rings is 1. The summed E-state index contributed by atoms with van der Waals surface area (Å²) in [5.74, 6) is -0.152. The maximum absolute atomic E-state index is 10.9. The topological polar surface area (TPSA) is 61.6 Å². The van der Waals surface area contributed by atoms with E-state index in [1.54, 1.807) is 14.2 Å². The number of nitrogens with two attached hydrogens (primary N) is 1. The van der Waals surface area contributed by atoms with Gasteiger partial charge in [-0.15, -0.1) is 0 Å². The first-order valence-electron chi connectivity index (χ1n) is 8.83. The summed E-state index contributed by atoms with van der Waals surface area (Å²) < 4.78 is 11.4. The lowest BCUT2D eigenvalue weighted by Crippen LogP contribution is -2.35. The third kappa shape index (κ3) is 7.38. The van der Waals surface area contributed by atoms with Crippen LogP contribution in [0.3, 0.4) is 0 Å². The highest BCUT2D eigenvalue weighted by molar-refractivity contribution is 5.86.